The van der Waals surface area contributed by atoms with Crippen molar-refractivity contribution in [3.8, 4) is 0 Å². The highest BCUT2D eigenvalue weighted by Crippen LogP contribution is 2.24. The van der Waals surface area contributed by atoms with E-state index in [4.69, 9.17) is 5.11 Å². The van der Waals surface area contributed by atoms with Gasteiger partial charge in [0.1, 0.15) is 11.4 Å². The van der Waals surface area contributed by atoms with Crippen molar-refractivity contribution in [1.82, 2.24) is 4.98 Å². The van der Waals surface area contributed by atoms with Crippen LogP contribution >= 0.6 is 0 Å². The third kappa shape index (κ3) is 2.55. The number of aliphatic hydroxyl groups is 1. The molecule has 1 fully saturated rings. The first kappa shape index (κ1) is 11.9. The Bertz CT molecular complexity index is 408. The average Bonchev–Trinajstić information content (AvgIpc) is 2.39. The van der Waals surface area contributed by atoms with E-state index in [0.29, 0.717) is 12.4 Å². The number of carboxylic acid groups (broad SMARTS) is 1. The third-order valence-corrected chi connectivity index (χ3v) is 3.09. The van der Waals surface area contributed by atoms with Gasteiger partial charge in [-0.3, -0.25) is 0 Å². The fourth-order valence-electron chi connectivity index (χ4n) is 2.22. The lowest BCUT2D eigenvalue weighted by molar-refractivity contribution is 0.0697. The van der Waals surface area contributed by atoms with Crippen molar-refractivity contribution < 1.29 is 15.0 Å². The molecule has 2 rings (SSSR count). The van der Waals surface area contributed by atoms with Crippen LogP contribution in [-0.2, 0) is 0 Å². The number of pyridine rings is 1. The predicted molar refractivity (Wildman–Crippen MR) is 63.2 cm³/mol. The van der Waals surface area contributed by atoms with E-state index < -0.39 is 5.97 Å². The quantitative estimate of drug-likeness (QED) is 0.818. The number of aliphatic hydroxyl groups excluding tert-OH is 1. The maximum Gasteiger partial charge on any atom is 0.339 e. The molecule has 17 heavy (non-hydrogen) atoms. The molecule has 1 saturated heterocycles. The summed E-state index contributed by atoms with van der Waals surface area (Å²) in [6.45, 7) is 1.62. The number of nitrogens with zero attached hydrogens (tertiary/aromatic N) is 2. The summed E-state index contributed by atoms with van der Waals surface area (Å²) in [5, 5.41) is 18.3. The smallest absolute Gasteiger partial charge is 0.339 e. The average molecular weight is 236 g/mol. The molecule has 2 N–H and O–H groups in total. The predicted octanol–water partition coefficient (Wildman–Crippen LogP) is 0.988. The van der Waals surface area contributed by atoms with E-state index in [2.05, 4.69) is 4.98 Å². The summed E-state index contributed by atoms with van der Waals surface area (Å²) in [6.07, 6.45) is 3.55. The van der Waals surface area contributed by atoms with Gasteiger partial charge in [-0.05, 0) is 30.9 Å². The first-order valence-electron chi connectivity index (χ1n) is 5.76. The van der Waals surface area contributed by atoms with E-state index in [9.17, 15) is 9.90 Å². The van der Waals surface area contributed by atoms with Crippen LogP contribution in [0.15, 0.2) is 18.3 Å². The van der Waals surface area contributed by atoms with Crippen LogP contribution in [0.1, 0.15) is 23.2 Å². The number of hydrogen-bond acceptors (Lipinski definition) is 4. The Balaban J connectivity index is 2.24. The topological polar surface area (TPSA) is 73.7 Å². The fourth-order valence-corrected chi connectivity index (χ4v) is 2.22. The maximum atomic E-state index is 11.1. The van der Waals surface area contributed by atoms with Crippen molar-refractivity contribution in [2.45, 2.75) is 12.8 Å². The highest BCUT2D eigenvalue weighted by atomic mass is 16.4. The number of hydrogen-bond donors (Lipinski definition) is 2. The maximum absolute atomic E-state index is 11.1. The van der Waals surface area contributed by atoms with Gasteiger partial charge in [0.05, 0.1) is 0 Å². The second kappa shape index (κ2) is 5.14. The number of rotatable bonds is 3. The zero-order chi connectivity index (χ0) is 12.3. The minimum Gasteiger partial charge on any atom is -0.478 e. The molecule has 1 aromatic heterocycles. The third-order valence-electron chi connectivity index (χ3n) is 3.09. The lowest BCUT2D eigenvalue weighted by Gasteiger charge is -2.33. The molecular formula is C12H16N2O3. The van der Waals surface area contributed by atoms with Gasteiger partial charge in [0.15, 0.2) is 0 Å². The molecule has 5 nitrogen and oxygen atoms in total. The Hall–Kier alpha value is -1.62. The van der Waals surface area contributed by atoms with Crippen molar-refractivity contribution in [2.24, 2.45) is 5.92 Å². The van der Waals surface area contributed by atoms with Gasteiger partial charge in [-0.15, -0.1) is 0 Å². The molecular weight excluding hydrogens is 220 g/mol. The monoisotopic (exact) mass is 236 g/mol. The van der Waals surface area contributed by atoms with Crippen molar-refractivity contribution >= 4 is 11.8 Å². The minimum absolute atomic E-state index is 0.145. The van der Waals surface area contributed by atoms with Gasteiger partial charge >= 0.3 is 5.97 Å². The second-order valence-electron chi connectivity index (χ2n) is 4.32. The number of anilines is 1. The Labute approximate surface area is 99.7 Å². The standard InChI is InChI=1S/C12H16N2O3/c15-8-9-3-2-6-14(7-9)11-10(12(16)17)4-1-5-13-11/h1,4-5,9,15H,2-3,6-8H2,(H,16,17). The Kier molecular flexibility index (Phi) is 3.58. The molecule has 0 aliphatic carbocycles. The lowest BCUT2D eigenvalue weighted by Crippen LogP contribution is -2.38. The lowest BCUT2D eigenvalue weighted by atomic mass is 9.98. The van der Waals surface area contributed by atoms with Crippen LogP contribution in [0.25, 0.3) is 0 Å². The molecule has 1 unspecified atom stereocenters. The van der Waals surface area contributed by atoms with Gasteiger partial charge in [-0.25, -0.2) is 9.78 Å². The van der Waals surface area contributed by atoms with E-state index >= 15 is 0 Å². The van der Waals surface area contributed by atoms with E-state index in [1.807, 2.05) is 4.90 Å². The fraction of sp³-hybridized carbons (Fsp3) is 0.500. The van der Waals surface area contributed by atoms with E-state index in [0.717, 1.165) is 19.4 Å². The van der Waals surface area contributed by atoms with Crippen LogP contribution in [0.2, 0.25) is 0 Å². The number of carboxylic acids is 1. The Morgan fingerprint density at radius 1 is 1.59 bits per heavy atom. The van der Waals surface area contributed by atoms with Crippen LogP contribution in [0.5, 0.6) is 0 Å². The first-order chi connectivity index (χ1) is 8.22. The van der Waals surface area contributed by atoms with Gasteiger partial charge in [0.25, 0.3) is 0 Å². The number of carbonyl (C=O) groups is 1. The van der Waals surface area contributed by atoms with Crippen molar-refractivity contribution in [2.75, 3.05) is 24.6 Å². The van der Waals surface area contributed by atoms with Gasteiger partial charge in [0, 0.05) is 25.9 Å². The van der Waals surface area contributed by atoms with Gasteiger partial charge in [0.2, 0.25) is 0 Å². The van der Waals surface area contributed by atoms with E-state index in [1.54, 1.807) is 18.3 Å². The van der Waals surface area contributed by atoms with Gasteiger partial charge < -0.3 is 15.1 Å². The molecule has 1 atom stereocenters. The zero-order valence-electron chi connectivity index (χ0n) is 9.54. The van der Waals surface area contributed by atoms with Crippen molar-refractivity contribution in [1.29, 1.82) is 0 Å². The van der Waals surface area contributed by atoms with Crippen molar-refractivity contribution in [3.05, 3.63) is 23.9 Å². The zero-order valence-corrected chi connectivity index (χ0v) is 9.54. The van der Waals surface area contributed by atoms with Crippen LogP contribution in [0.3, 0.4) is 0 Å². The normalized spacial score (nSPS) is 20.3. The molecule has 0 saturated carbocycles. The molecule has 0 radical (unpaired) electrons. The van der Waals surface area contributed by atoms with Crippen molar-refractivity contribution in [3.63, 3.8) is 0 Å². The molecule has 0 bridgehead atoms. The Morgan fingerprint density at radius 3 is 3.12 bits per heavy atom. The molecule has 0 amide bonds. The summed E-state index contributed by atoms with van der Waals surface area (Å²) in [4.78, 5) is 17.2. The summed E-state index contributed by atoms with van der Waals surface area (Å²) in [5.41, 5.74) is 0.228. The van der Waals surface area contributed by atoms with Crippen LogP contribution in [-0.4, -0.2) is 40.9 Å². The molecule has 1 aromatic rings. The molecule has 0 aromatic carbocycles. The highest BCUT2D eigenvalue weighted by Gasteiger charge is 2.23. The molecule has 5 heteroatoms. The summed E-state index contributed by atoms with van der Waals surface area (Å²) >= 11 is 0. The first-order valence-corrected chi connectivity index (χ1v) is 5.76. The van der Waals surface area contributed by atoms with E-state index in [-0.39, 0.29) is 18.1 Å². The highest BCUT2D eigenvalue weighted by molar-refractivity contribution is 5.93. The van der Waals surface area contributed by atoms with Gasteiger partial charge in [-0.2, -0.15) is 0 Å². The number of aromatic nitrogens is 1. The SMILES string of the molecule is O=C(O)c1cccnc1N1CCCC(CO)C1. The van der Waals surface area contributed by atoms with Crippen LogP contribution in [0, 0.1) is 5.92 Å². The summed E-state index contributed by atoms with van der Waals surface area (Å²) in [7, 11) is 0. The van der Waals surface area contributed by atoms with Gasteiger partial charge in [-0.1, -0.05) is 0 Å². The second-order valence-corrected chi connectivity index (χ2v) is 4.32. The number of piperidine rings is 1. The molecule has 1 aliphatic heterocycles. The number of aromatic carboxylic acids is 1. The summed E-state index contributed by atoms with van der Waals surface area (Å²) in [5.74, 6) is -0.232. The summed E-state index contributed by atoms with van der Waals surface area (Å²) < 4.78 is 0. The van der Waals surface area contributed by atoms with Crippen LogP contribution in [0.4, 0.5) is 5.82 Å². The molecule has 92 valence electrons. The van der Waals surface area contributed by atoms with E-state index in [1.165, 1.54) is 0 Å². The Morgan fingerprint density at radius 2 is 2.41 bits per heavy atom. The molecule has 2 heterocycles. The van der Waals surface area contributed by atoms with Crippen LogP contribution < -0.4 is 4.90 Å². The minimum atomic E-state index is -0.959. The largest absolute Gasteiger partial charge is 0.478 e. The molecule has 0 spiro atoms. The molecule has 1 aliphatic rings. The summed E-state index contributed by atoms with van der Waals surface area (Å²) in [6, 6.07) is 3.19.